The number of aryl methyl sites for hydroxylation is 1. The number of halogens is 2. The molecule has 1 N–H and O–H groups in total. The van der Waals surface area contributed by atoms with Crippen LogP contribution >= 0.6 is 22.9 Å². The van der Waals surface area contributed by atoms with Crippen molar-refractivity contribution in [1.82, 2.24) is 0 Å². The standard InChI is InChI=1S/C12H11ClFNS/c1-8-2-4-10(16-8)7-15-12-6-9(13)3-5-11(12)14/h2-6,15H,7H2,1H3. The third-order valence-electron chi connectivity index (χ3n) is 2.18. The van der Waals surface area contributed by atoms with Crippen LogP contribution in [0, 0.1) is 12.7 Å². The Morgan fingerprint density at radius 3 is 2.81 bits per heavy atom. The van der Waals surface area contributed by atoms with Crippen molar-refractivity contribution < 1.29 is 4.39 Å². The molecule has 1 heterocycles. The number of benzene rings is 1. The molecule has 0 fully saturated rings. The summed E-state index contributed by atoms with van der Waals surface area (Å²) in [4.78, 5) is 2.43. The van der Waals surface area contributed by atoms with Crippen LogP contribution in [0.2, 0.25) is 5.02 Å². The first-order valence-electron chi connectivity index (χ1n) is 4.89. The lowest BCUT2D eigenvalue weighted by Gasteiger charge is -2.06. The van der Waals surface area contributed by atoms with E-state index in [-0.39, 0.29) is 5.82 Å². The zero-order valence-electron chi connectivity index (χ0n) is 8.76. The van der Waals surface area contributed by atoms with E-state index in [1.807, 2.05) is 13.0 Å². The van der Waals surface area contributed by atoms with Crippen LogP contribution in [0.4, 0.5) is 10.1 Å². The van der Waals surface area contributed by atoms with E-state index >= 15 is 0 Å². The molecular formula is C12H11ClFNS. The van der Waals surface area contributed by atoms with E-state index in [0.29, 0.717) is 17.3 Å². The van der Waals surface area contributed by atoms with Crippen LogP contribution in [0.5, 0.6) is 0 Å². The molecule has 0 aliphatic heterocycles. The molecule has 2 aromatic rings. The van der Waals surface area contributed by atoms with Crippen molar-refractivity contribution in [3.63, 3.8) is 0 Å². The lowest BCUT2D eigenvalue weighted by Crippen LogP contribution is -1.99. The van der Waals surface area contributed by atoms with Crippen LogP contribution < -0.4 is 5.32 Å². The Labute approximate surface area is 103 Å². The van der Waals surface area contributed by atoms with Gasteiger partial charge in [-0.25, -0.2) is 4.39 Å². The second-order valence-corrected chi connectivity index (χ2v) is 5.30. The fourth-order valence-electron chi connectivity index (χ4n) is 1.40. The number of hydrogen-bond donors (Lipinski definition) is 1. The van der Waals surface area contributed by atoms with Crippen LogP contribution in [-0.4, -0.2) is 0 Å². The average Bonchev–Trinajstić information content (AvgIpc) is 2.66. The molecule has 0 aliphatic rings. The first kappa shape index (κ1) is 11.4. The van der Waals surface area contributed by atoms with Gasteiger partial charge in [0.05, 0.1) is 5.69 Å². The van der Waals surface area contributed by atoms with E-state index in [0.717, 1.165) is 0 Å². The van der Waals surface area contributed by atoms with Gasteiger partial charge in [0.2, 0.25) is 0 Å². The quantitative estimate of drug-likeness (QED) is 0.854. The number of rotatable bonds is 3. The SMILES string of the molecule is Cc1ccc(CNc2cc(Cl)ccc2F)s1. The number of thiophene rings is 1. The predicted molar refractivity (Wildman–Crippen MR) is 67.8 cm³/mol. The maximum atomic E-state index is 13.4. The maximum Gasteiger partial charge on any atom is 0.146 e. The Balaban J connectivity index is 2.07. The number of anilines is 1. The summed E-state index contributed by atoms with van der Waals surface area (Å²) in [5, 5.41) is 3.57. The molecule has 16 heavy (non-hydrogen) atoms. The highest BCUT2D eigenvalue weighted by molar-refractivity contribution is 7.11. The van der Waals surface area contributed by atoms with Crippen molar-refractivity contribution >= 4 is 28.6 Å². The number of nitrogens with one attached hydrogen (secondary N) is 1. The minimum atomic E-state index is -0.280. The first-order valence-corrected chi connectivity index (χ1v) is 6.09. The smallest absolute Gasteiger partial charge is 0.146 e. The summed E-state index contributed by atoms with van der Waals surface area (Å²) in [7, 11) is 0. The molecule has 0 amide bonds. The third-order valence-corrected chi connectivity index (χ3v) is 3.41. The fourth-order valence-corrected chi connectivity index (χ4v) is 2.40. The minimum absolute atomic E-state index is 0.280. The molecule has 0 saturated heterocycles. The van der Waals surface area contributed by atoms with Gasteiger partial charge in [0, 0.05) is 21.3 Å². The lowest BCUT2D eigenvalue weighted by molar-refractivity contribution is 0.630. The topological polar surface area (TPSA) is 12.0 Å². The van der Waals surface area contributed by atoms with Crippen molar-refractivity contribution in [1.29, 1.82) is 0 Å². The van der Waals surface area contributed by atoms with Crippen molar-refractivity contribution in [2.75, 3.05) is 5.32 Å². The van der Waals surface area contributed by atoms with Gasteiger partial charge in [0.25, 0.3) is 0 Å². The van der Waals surface area contributed by atoms with Gasteiger partial charge in [0.1, 0.15) is 5.82 Å². The van der Waals surface area contributed by atoms with Crippen LogP contribution in [0.25, 0.3) is 0 Å². The van der Waals surface area contributed by atoms with E-state index in [1.54, 1.807) is 17.4 Å². The Bertz CT molecular complexity index is 496. The summed E-state index contributed by atoms with van der Waals surface area (Å²) in [6, 6.07) is 8.59. The molecule has 0 spiro atoms. The van der Waals surface area contributed by atoms with Crippen LogP contribution in [0.1, 0.15) is 9.75 Å². The molecule has 0 saturated carbocycles. The van der Waals surface area contributed by atoms with Crippen LogP contribution in [0.3, 0.4) is 0 Å². The molecule has 0 unspecified atom stereocenters. The minimum Gasteiger partial charge on any atom is -0.378 e. The Morgan fingerprint density at radius 2 is 2.12 bits per heavy atom. The Kier molecular flexibility index (Phi) is 3.46. The average molecular weight is 256 g/mol. The molecule has 0 radical (unpaired) electrons. The van der Waals surface area contributed by atoms with E-state index in [9.17, 15) is 4.39 Å². The van der Waals surface area contributed by atoms with Gasteiger partial charge in [0.15, 0.2) is 0 Å². The van der Waals surface area contributed by atoms with Gasteiger partial charge in [-0.05, 0) is 37.3 Å². The zero-order valence-corrected chi connectivity index (χ0v) is 10.3. The van der Waals surface area contributed by atoms with Gasteiger partial charge in [-0.15, -0.1) is 11.3 Å². The molecule has 0 aliphatic carbocycles. The second-order valence-electron chi connectivity index (χ2n) is 3.49. The Hall–Kier alpha value is -1.06. The molecule has 1 nitrogen and oxygen atoms in total. The molecule has 1 aromatic heterocycles. The molecule has 0 atom stereocenters. The zero-order chi connectivity index (χ0) is 11.5. The van der Waals surface area contributed by atoms with Gasteiger partial charge < -0.3 is 5.32 Å². The fraction of sp³-hybridized carbons (Fsp3) is 0.167. The molecule has 0 bridgehead atoms. The van der Waals surface area contributed by atoms with Crippen molar-refractivity contribution in [2.45, 2.75) is 13.5 Å². The summed E-state index contributed by atoms with van der Waals surface area (Å²) in [6.45, 7) is 2.67. The van der Waals surface area contributed by atoms with E-state index in [1.165, 1.54) is 21.9 Å². The monoisotopic (exact) mass is 255 g/mol. The molecule has 84 valence electrons. The lowest BCUT2D eigenvalue weighted by atomic mass is 10.3. The summed E-state index contributed by atoms with van der Waals surface area (Å²) >= 11 is 7.50. The van der Waals surface area contributed by atoms with Gasteiger partial charge in [-0.1, -0.05) is 11.6 Å². The maximum absolute atomic E-state index is 13.4. The van der Waals surface area contributed by atoms with Crippen LogP contribution in [-0.2, 0) is 6.54 Å². The highest BCUT2D eigenvalue weighted by Gasteiger charge is 2.03. The summed E-state index contributed by atoms with van der Waals surface area (Å²) in [5.74, 6) is -0.280. The second kappa shape index (κ2) is 4.85. The molecular weight excluding hydrogens is 245 g/mol. The van der Waals surface area contributed by atoms with Gasteiger partial charge >= 0.3 is 0 Å². The molecule has 1 aromatic carbocycles. The van der Waals surface area contributed by atoms with E-state index in [2.05, 4.69) is 11.4 Å². The van der Waals surface area contributed by atoms with Crippen molar-refractivity contribution in [3.05, 3.63) is 50.9 Å². The van der Waals surface area contributed by atoms with Crippen molar-refractivity contribution in [2.24, 2.45) is 0 Å². The largest absolute Gasteiger partial charge is 0.378 e. The first-order chi connectivity index (χ1) is 7.65. The molecule has 2 rings (SSSR count). The van der Waals surface area contributed by atoms with Crippen LogP contribution in [0.15, 0.2) is 30.3 Å². The van der Waals surface area contributed by atoms with E-state index in [4.69, 9.17) is 11.6 Å². The number of hydrogen-bond acceptors (Lipinski definition) is 2. The van der Waals surface area contributed by atoms with E-state index < -0.39 is 0 Å². The van der Waals surface area contributed by atoms with Gasteiger partial charge in [-0.3, -0.25) is 0 Å². The normalized spacial score (nSPS) is 10.4. The predicted octanol–water partition coefficient (Wildman–Crippen LogP) is 4.46. The Morgan fingerprint density at radius 1 is 1.31 bits per heavy atom. The van der Waals surface area contributed by atoms with Crippen molar-refractivity contribution in [3.8, 4) is 0 Å². The highest BCUT2D eigenvalue weighted by Crippen LogP contribution is 2.21. The molecule has 4 heteroatoms. The van der Waals surface area contributed by atoms with Gasteiger partial charge in [-0.2, -0.15) is 0 Å². The summed E-state index contributed by atoms with van der Waals surface area (Å²) < 4.78 is 13.4. The highest BCUT2D eigenvalue weighted by atomic mass is 35.5. The summed E-state index contributed by atoms with van der Waals surface area (Å²) in [6.07, 6.45) is 0. The third kappa shape index (κ3) is 2.74. The summed E-state index contributed by atoms with van der Waals surface area (Å²) in [5.41, 5.74) is 0.443.